The summed E-state index contributed by atoms with van der Waals surface area (Å²) >= 11 is 5.96. The van der Waals surface area contributed by atoms with Crippen LogP contribution in [0.15, 0.2) is 30.5 Å². The second-order valence-electron chi connectivity index (χ2n) is 5.87. The molecule has 0 aliphatic heterocycles. The second kappa shape index (κ2) is 6.32. The number of anilines is 2. The summed E-state index contributed by atoms with van der Waals surface area (Å²) in [7, 11) is 0. The summed E-state index contributed by atoms with van der Waals surface area (Å²) in [5.41, 5.74) is 1.54. The van der Waals surface area contributed by atoms with Gasteiger partial charge in [0.2, 0.25) is 5.95 Å². The number of aryl methyl sites for hydroxylation is 1. The van der Waals surface area contributed by atoms with E-state index in [2.05, 4.69) is 15.3 Å². The van der Waals surface area contributed by atoms with Crippen molar-refractivity contribution < 1.29 is 9.53 Å². The van der Waals surface area contributed by atoms with Crippen molar-refractivity contribution >= 4 is 29.2 Å². The minimum absolute atomic E-state index is 0.353. The number of nitrogens with zero attached hydrogens (tertiary/aromatic N) is 2. The molecule has 2 rings (SSSR count). The van der Waals surface area contributed by atoms with Crippen molar-refractivity contribution in [2.45, 2.75) is 33.3 Å². The predicted molar refractivity (Wildman–Crippen MR) is 86.7 cm³/mol. The van der Waals surface area contributed by atoms with Crippen molar-refractivity contribution in [1.82, 2.24) is 9.97 Å². The van der Waals surface area contributed by atoms with Crippen molar-refractivity contribution in [3.05, 3.63) is 46.7 Å². The molecule has 0 fully saturated rings. The van der Waals surface area contributed by atoms with Gasteiger partial charge in [0, 0.05) is 17.4 Å². The summed E-state index contributed by atoms with van der Waals surface area (Å²) in [4.78, 5) is 20.2. The van der Waals surface area contributed by atoms with Crippen LogP contribution in [0.3, 0.4) is 0 Å². The van der Waals surface area contributed by atoms with Gasteiger partial charge in [-0.25, -0.2) is 14.8 Å². The molecule has 5 nitrogen and oxygen atoms in total. The number of hydrogen-bond donors (Lipinski definition) is 1. The fourth-order valence-corrected chi connectivity index (χ4v) is 1.77. The van der Waals surface area contributed by atoms with E-state index in [1.54, 1.807) is 30.5 Å². The molecule has 2 aromatic rings. The summed E-state index contributed by atoms with van der Waals surface area (Å²) in [6.45, 7) is 7.33. The lowest BCUT2D eigenvalue weighted by atomic mass is 10.1. The summed E-state index contributed by atoms with van der Waals surface area (Å²) in [6.07, 6.45) is 1.65. The Morgan fingerprint density at radius 2 is 1.86 bits per heavy atom. The van der Waals surface area contributed by atoms with E-state index in [0.29, 0.717) is 16.7 Å². The van der Waals surface area contributed by atoms with Crippen molar-refractivity contribution in [2.75, 3.05) is 5.32 Å². The Hall–Kier alpha value is -2.14. The van der Waals surface area contributed by atoms with Crippen LogP contribution in [-0.2, 0) is 4.74 Å². The van der Waals surface area contributed by atoms with E-state index in [4.69, 9.17) is 16.3 Å². The van der Waals surface area contributed by atoms with E-state index in [1.807, 2.05) is 27.7 Å². The third-order valence-corrected chi connectivity index (χ3v) is 3.07. The standard InChI is InChI=1S/C16H18ClN3O2/c1-10-9-18-15(20-13(10)17)19-12-7-5-11(6-8-12)14(21)22-16(2,3)4/h5-9H,1-4H3,(H,18,19,20). The minimum Gasteiger partial charge on any atom is -0.456 e. The van der Waals surface area contributed by atoms with E-state index < -0.39 is 5.60 Å². The van der Waals surface area contributed by atoms with Crippen molar-refractivity contribution in [2.24, 2.45) is 0 Å². The molecule has 1 N–H and O–H groups in total. The maximum Gasteiger partial charge on any atom is 0.338 e. The zero-order valence-corrected chi connectivity index (χ0v) is 13.7. The third-order valence-electron chi connectivity index (χ3n) is 2.69. The van der Waals surface area contributed by atoms with Gasteiger partial charge in [0.15, 0.2) is 0 Å². The zero-order valence-electron chi connectivity index (χ0n) is 13.0. The van der Waals surface area contributed by atoms with Crippen molar-refractivity contribution in [3.63, 3.8) is 0 Å². The van der Waals surface area contributed by atoms with Gasteiger partial charge < -0.3 is 10.1 Å². The van der Waals surface area contributed by atoms with Gasteiger partial charge in [0.1, 0.15) is 10.8 Å². The largest absolute Gasteiger partial charge is 0.456 e. The van der Waals surface area contributed by atoms with Crippen molar-refractivity contribution in [1.29, 1.82) is 0 Å². The summed E-state index contributed by atoms with van der Waals surface area (Å²) in [6, 6.07) is 6.89. The number of halogens is 1. The van der Waals surface area contributed by atoms with Crippen LogP contribution in [0.1, 0.15) is 36.7 Å². The molecule has 0 saturated carbocycles. The van der Waals surface area contributed by atoms with Crippen LogP contribution in [0.4, 0.5) is 11.6 Å². The number of carbonyl (C=O) groups is 1. The number of aromatic nitrogens is 2. The van der Waals surface area contributed by atoms with Crippen LogP contribution in [0.25, 0.3) is 0 Å². The topological polar surface area (TPSA) is 64.1 Å². The first-order chi connectivity index (χ1) is 10.2. The number of benzene rings is 1. The number of carbonyl (C=O) groups excluding carboxylic acids is 1. The highest BCUT2D eigenvalue weighted by Crippen LogP contribution is 2.18. The van der Waals surface area contributed by atoms with Gasteiger partial charge in [0.05, 0.1) is 5.56 Å². The Morgan fingerprint density at radius 3 is 2.41 bits per heavy atom. The lowest BCUT2D eigenvalue weighted by molar-refractivity contribution is 0.00696. The van der Waals surface area contributed by atoms with Crippen LogP contribution in [0.5, 0.6) is 0 Å². The molecule has 0 spiro atoms. The molecule has 0 bridgehead atoms. The molecule has 22 heavy (non-hydrogen) atoms. The molecule has 1 heterocycles. The average Bonchev–Trinajstić information content (AvgIpc) is 2.42. The summed E-state index contributed by atoms with van der Waals surface area (Å²) in [5, 5.41) is 3.43. The van der Waals surface area contributed by atoms with Crippen molar-refractivity contribution in [3.8, 4) is 0 Å². The highest BCUT2D eigenvalue weighted by molar-refractivity contribution is 6.30. The first-order valence-electron chi connectivity index (χ1n) is 6.84. The average molecular weight is 320 g/mol. The number of ether oxygens (including phenoxy) is 1. The molecule has 0 radical (unpaired) electrons. The lowest BCUT2D eigenvalue weighted by Crippen LogP contribution is -2.23. The molecule has 0 saturated heterocycles. The van der Waals surface area contributed by atoms with Crippen LogP contribution >= 0.6 is 11.6 Å². The molecule has 1 aromatic heterocycles. The summed E-state index contributed by atoms with van der Waals surface area (Å²) < 4.78 is 5.31. The van der Waals surface area contributed by atoms with Gasteiger partial charge in [-0.2, -0.15) is 0 Å². The van der Waals surface area contributed by atoms with Gasteiger partial charge in [-0.1, -0.05) is 11.6 Å². The maximum atomic E-state index is 11.9. The molecule has 0 amide bonds. The SMILES string of the molecule is Cc1cnc(Nc2ccc(C(=O)OC(C)(C)C)cc2)nc1Cl. The molecule has 0 unspecified atom stereocenters. The number of hydrogen-bond acceptors (Lipinski definition) is 5. The Balaban J connectivity index is 2.08. The van der Waals surface area contributed by atoms with E-state index in [1.165, 1.54) is 0 Å². The van der Waals surface area contributed by atoms with E-state index >= 15 is 0 Å². The lowest BCUT2D eigenvalue weighted by Gasteiger charge is -2.19. The van der Waals surface area contributed by atoms with Gasteiger partial charge in [-0.15, -0.1) is 0 Å². The molecule has 0 aliphatic rings. The van der Waals surface area contributed by atoms with E-state index in [9.17, 15) is 4.79 Å². The molecular formula is C16H18ClN3O2. The Labute approximate surface area is 134 Å². The number of nitrogens with one attached hydrogen (secondary N) is 1. The molecule has 0 aliphatic carbocycles. The predicted octanol–water partition coefficient (Wildman–Crippen LogP) is 4.14. The maximum absolute atomic E-state index is 11.9. The minimum atomic E-state index is -0.513. The Bertz CT molecular complexity index is 679. The highest BCUT2D eigenvalue weighted by Gasteiger charge is 2.17. The monoisotopic (exact) mass is 319 g/mol. The smallest absolute Gasteiger partial charge is 0.338 e. The Kier molecular flexibility index (Phi) is 4.66. The molecule has 0 atom stereocenters. The molecule has 6 heteroatoms. The normalized spacial score (nSPS) is 11.1. The quantitative estimate of drug-likeness (QED) is 0.680. The van der Waals surface area contributed by atoms with Gasteiger partial charge in [-0.3, -0.25) is 0 Å². The second-order valence-corrected chi connectivity index (χ2v) is 6.23. The number of rotatable bonds is 3. The summed E-state index contributed by atoms with van der Waals surface area (Å²) in [5.74, 6) is 0.0503. The van der Waals surface area contributed by atoms with Crippen LogP contribution < -0.4 is 5.32 Å². The van der Waals surface area contributed by atoms with Gasteiger partial charge >= 0.3 is 5.97 Å². The van der Waals surface area contributed by atoms with E-state index in [0.717, 1.165) is 11.3 Å². The third kappa shape index (κ3) is 4.43. The fraction of sp³-hybridized carbons (Fsp3) is 0.312. The zero-order chi connectivity index (χ0) is 16.3. The van der Waals surface area contributed by atoms with Crippen LogP contribution in [0, 0.1) is 6.92 Å². The first kappa shape index (κ1) is 16.2. The first-order valence-corrected chi connectivity index (χ1v) is 7.22. The molecular weight excluding hydrogens is 302 g/mol. The molecule has 116 valence electrons. The van der Waals surface area contributed by atoms with Crippen LogP contribution in [0.2, 0.25) is 5.15 Å². The fourth-order valence-electron chi connectivity index (χ4n) is 1.64. The highest BCUT2D eigenvalue weighted by atomic mass is 35.5. The van der Waals surface area contributed by atoms with E-state index in [-0.39, 0.29) is 5.97 Å². The van der Waals surface area contributed by atoms with Gasteiger partial charge in [0.25, 0.3) is 0 Å². The Morgan fingerprint density at radius 1 is 1.23 bits per heavy atom. The molecule has 1 aromatic carbocycles. The van der Waals surface area contributed by atoms with Crippen LogP contribution in [-0.4, -0.2) is 21.5 Å². The van der Waals surface area contributed by atoms with Gasteiger partial charge in [-0.05, 0) is 52.0 Å². The number of esters is 1.